The van der Waals surface area contributed by atoms with Crippen molar-refractivity contribution in [3.63, 3.8) is 0 Å². The highest BCUT2D eigenvalue weighted by molar-refractivity contribution is 5.63. The molecule has 2 nitrogen and oxygen atoms in total. The predicted octanol–water partition coefficient (Wildman–Crippen LogP) is 2.96. The van der Waals surface area contributed by atoms with Crippen molar-refractivity contribution in [3.05, 3.63) is 30.5 Å². The molecule has 1 aromatic rings. The molecule has 76 valence electrons. The fourth-order valence-corrected chi connectivity index (χ4v) is 1.34. The molecule has 0 aromatic carbocycles. The Hall–Kier alpha value is -1.31. The Kier molecular flexibility index (Phi) is 3.69. The number of hydrogen-bond donors (Lipinski definition) is 0. The lowest BCUT2D eigenvalue weighted by Gasteiger charge is -2.17. The average molecular weight is 190 g/mol. The lowest BCUT2D eigenvalue weighted by Crippen LogP contribution is -2.18. The van der Waals surface area contributed by atoms with Gasteiger partial charge in [0.2, 0.25) is 0 Å². The zero-order chi connectivity index (χ0) is 10.6. The van der Waals surface area contributed by atoms with Gasteiger partial charge in [-0.05, 0) is 31.0 Å². The summed E-state index contributed by atoms with van der Waals surface area (Å²) >= 11 is 0. The highest BCUT2D eigenvalue weighted by Crippen LogP contribution is 2.16. The van der Waals surface area contributed by atoms with Gasteiger partial charge in [-0.3, -0.25) is 0 Å². The summed E-state index contributed by atoms with van der Waals surface area (Å²) in [5, 5.41) is 0. The number of allylic oxidation sites excluding steroid dienone is 1. The second-order valence-corrected chi connectivity index (χ2v) is 3.60. The van der Waals surface area contributed by atoms with Crippen molar-refractivity contribution >= 4 is 11.4 Å². The van der Waals surface area contributed by atoms with Crippen LogP contribution in [-0.4, -0.2) is 18.6 Å². The van der Waals surface area contributed by atoms with E-state index in [9.17, 15) is 0 Å². The first-order chi connectivity index (χ1) is 6.65. The van der Waals surface area contributed by atoms with E-state index >= 15 is 0 Å². The summed E-state index contributed by atoms with van der Waals surface area (Å²) < 4.78 is 0. The van der Waals surface area contributed by atoms with Gasteiger partial charge in [-0.15, -0.1) is 0 Å². The monoisotopic (exact) mass is 190 g/mol. The van der Waals surface area contributed by atoms with Crippen molar-refractivity contribution < 1.29 is 0 Å². The molecule has 0 aliphatic rings. The minimum absolute atomic E-state index is 1.02. The molecule has 14 heavy (non-hydrogen) atoms. The molecule has 0 radical (unpaired) electrons. The molecule has 0 saturated heterocycles. The van der Waals surface area contributed by atoms with Crippen LogP contribution in [0.3, 0.4) is 0 Å². The Morgan fingerprint density at radius 3 is 2.86 bits per heavy atom. The van der Waals surface area contributed by atoms with E-state index in [0.717, 1.165) is 29.9 Å². The second kappa shape index (κ2) is 4.80. The lowest BCUT2D eigenvalue weighted by atomic mass is 10.1. The maximum Gasteiger partial charge on any atom is 0.128 e. The van der Waals surface area contributed by atoms with Crippen LogP contribution in [0.5, 0.6) is 0 Å². The standard InChI is InChI=1S/C12H18N2/c1-5-8-14(4)12-9-11(10(2)3)6-7-13-12/h6-7,9H,2,5,8H2,1,3-4H3. The van der Waals surface area contributed by atoms with Gasteiger partial charge >= 0.3 is 0 Å². The van der Waals surface area contributed by atoms with Crippen molar-refractivity contribution in [2.45, 2.75) is 20.3 Å². The molecular weight excluding hydrogens is 172 g/mol. The van der Waals surface area contributed by atoms with Crippen LogP contribution >= 0.6 is 0 Å². The minimum Gasteiger partial charge on any atom is -0.360 e. The molecule has 0 fully saturated rings. The van der Waals surface area contributed by atoms with Crippen LogP contribution in [0.25, 0.3) is 5.57 Å². The van der Waals surface area contributed by atoms with Crippen LogP contribution in [0, 0.1) is 0 Å². The molecule has 0 amide bonds. The van der Waals surface area contributed by atoms with Crippen molar-refractivity contribution in [2.75, 3.05) is 18.5 Å². The largest absolute Gasteiger partial charge is 0.360 e. The van der Waals surface area contributed by atoms with Gasteiger partial charge in [0.05, 0.1) is 0 Å². The zero-order valence-corrected chi connectivity index (χ0v) is 9.25. The van der Waals surface area contributed by atoms with Crippen LogP contribution in [0.2, 0.25) is 0 Å². The fourth-order valence-electron chi connectivity index (χ4n) is 1.34. The first kappa shape index (κ1) is 10.8. The van der Waals surface area contributed by atoms with Gasteiger partial charge in [0, 0.05) is 19.8 Å². The zero-order valence-electron chi connectivity index (χ0n) is 9.25. The molecule has 1 heterocycles. The summed E-state index contributed by atoms with van der Waals surface area (Å²) in [7, 11) is 2.06. The maximum absolute atomic E-state index is 4.33. The summed E-state index contributed by atoms with van der Waals surface area (Å²) in [5.74, 6) is 1.02. The molecule has 2 heteroatoms. The molecule has 0 N–H and O–H groups in total. The third-order valence-corrected chi connectivity index (χ3v) is 2.19. The van der Waals surface area contributed by atoms with Crippen LogP contribution in [0.1, 0.15) is 25.8 Å². The average Bonchev–Trinajstić information content (AvgIpc) is 2.18. The first-order valence-electron chi connectivity index (χ1n) is 4.98. The number of rotatable bonds is 4. The van der Waals surface area contributed by atoms with Crippen molar-refractivity contribution in [3.8, 4) is 0 Å². The van der Waals surface area contributed by atoms with Crippen LogP contribution in [0.4, 0.5) is 5.82 Å². The Labute approximate surface area is 86.3 Å². The summed E-state index contributed by atoms with van der Waals surface area (Å²) in [6, 6.07) is 4.07. The summed E-state index contributed by atoms with van der Waals surface area (Å²) in [6.45, 7) is 9.14. The molecule has 0 unspecified atom stereocenters. The number of hydrogen-bond acceptors (Lipinski definition) is 2. The number of anilines is 1. The quantitative estimate of drug-likeness (QED) is 0.725. The van der Waals surface area contributed by atoms with Crippen molar-refractivity contribution in [1.82, 2.24) is 4.98 Å². The summed E-state index contributed by atoms with van der Waals surface area (Å²) in [5.41, 5.74) is 2.25. The summed E-state index contributed by atoms with van der Waals surface area (Å²) in [4.78, 5) is 6.48. The molecule has 0 spiro atoms. The molecule has 0 aliphatic heterocycles. The van der Waals surface area contributed by atoms with E-state index in [2.05, 4.69) is 36.5 Å². The molecule has 1 aromatic heterocycles. The third kappa shape index (κ3) is 2.59. The van der Waals surface area contributed by atoms with E-state index in [-0.39, 0.29) is 0 Å². The lowest BCUT2D eigenvalue weighted by molar-refractivity contribution is 0.837. The van der Waals surface area contributed by atoms with Gasteiger partial charge in [0.25, 0.3) is 0 Å². The van der Waals surface area contributed by atoms with Gasteiger partial charge in [0.1, 0.15) is 5.82 Å². The highest BCUT2D eigenvalue weighted by atomic mass is 15.2. The minimum atomic E-state index is 1.02. The van der Waals surface area contributed by atoms with E-state index in [1.165, 1.54) is 0 Å². The van der Waals surface area contributed by atoms with Gasteiger partial charge in [0.15, 0.2) is 0 Å². The van der Waals surface area contributed by atoms with E-state index in [0.29, 0.717) is 0 Å². The molecule has 0 bridgehead atoms. The fraction of sp³-hybridized carbons (Fsp3) is 0.417. The van der Waals surface area contributed by atoms with E-state index in [1.807, 2.05) is 19.2 Å². The first-order valence-corrected chi connectivity index (χ1v) is 4.98. The Bertz CT molecular complexity index is 318. The molecular formula is C12H18N2. The number of aromatic nitrogens is 1. The van der Waals surface area contributed by atoms with Gasteiger partial charge in [-0.1, -0.05) is 19.1 Å². The molecule has 0 saturated carbocycles. The van der Waals surface area contributed by atoms with Crippen LogP contribution in [-0.2, 0) is 0 Å². The van der Waals surface area contributed by atoms with E-state index < -0.39 is 0 Å². The second-order valence-electron chi connectivity index (χ2n) is 3.60. The Balaban J connectivity index is 2.87. The van der Waals surface area contributed by atoms with Gasteiger partial charge in [-0.2, -0.15) is 0 Å². The molecule has 0 aliphatic carbocycles. The van der Waals surface area contributed by atoms with Crippen molar-refractivity contribution in [1.29, 1.82) is 0 Å². The topological polar surface area (TPSA) is 16.1 Å². The SMILES string of the molecule is C=C(C)c1ccnc(N(C)CCC)c1. The molecule has 1 rings (SSSR count). The Morgan fingerprint density at radius 2 is 2.29 bits per heavy atom. The van der Waals surface area contributed by atoms with Crippen molar-refractivity contribution in [2.24, 2.45) is 0 Å². The Morgan fingerprint density at radius 1 is 1.57 bits per heavy atom. The van der Waals surface area contributed by atoms with E-state index in [1.54, 1.807) is 0 Å². The molecule has 0 atom stereocenters. The van der Waals surface area contributed by atoms with Gasteiger partial charge in [-0.25, -0.2) is 4.98 Å². The van der Waals surface area contributed by atoms with Gasteiger partial charge < -0.3 is 4.90 Å². The summed E-state index contributed by atoms with van der Waals surface area (Å²) in [6.07, 6.45) is 2.97. The predicted molar refractivity (Wildman–Crippen MR) is 62.5 cm³/mol. The number of nitrogens with zero attached hydrogens (tertiary/aromatic N) is 2. The highest BCUT2D eigenvalue weighted by Gasteiger charge is 2.02. The van der Waals surface area contributed by atoms with Crippen LogP contribution < -0.4 is 4.90 Å². The maximum atomic E-state index is 4.33. The van der Waals surface area contributed by atoms with E-state index in [4.69, 9.17) is 0 Å². The number of pyridine rings is 1. The third-order valence-electron chi connectivity index (χ3n) is 2.19. The smallest absolute Gasteiger partial charge is 0.128 e. The normalized spacial score (nSPS) is 9.93. The van der Waals surface area contributed by atoms with Crippen LogP contribution in [0.15, 0.2) is 24.9 Å².